The van der Waals surface area contributed by atoms with E-state index in [0.717, 1.165) is 34.1 Å². The van der Waals surface area contributed by atoms with Gasteiger partial charge in [-0.05, 0) is 154 Å². The van der Waals surface area contributed by atoms with Crippen LogP contribution in [-0.4, -0.2) is 0 Å². The maximum Gasteiger partial charge on any atom is 0.0713 e. The van der Waals surface area contributed by atoms with Crippen molar-refractivity contribution in [1.29, 1.82) is 0 Å². The van der Waals surface area contributed by atoms with Crippen molar-refractivity contribution in [2.24, 2.45) is 0 Å². The highest BCUT2D eigenvalue weighted by molar-refractivity contribution is 7.25. The first-order valence-corrected chi connectivity index (χ1v) is 25.8. The number of anilines is 6. The van der Waals surface area contributed by atoms with Crippen LogP contribution in [0.3, 0.4) is 0 Å². The molecule has 0 unspecified atom stereocenters. The third-order valence-corrected chi connectivity index (χ3v) is 15.3. The first kappa shape index (κ1) is 45.1. The molecule has 0 saturated carbocycles. The van der Waals surface area contributed by atoms with E-state index in [4.69, 9.17) is 0 Å². The molecule has 0 fully saturated rings. The van der Waals surface area contributed by atoms with Crippen LogP contribution in [-0.2, 0) is 5.41 Å². The first-order valence-electron chi connectivity index (χ1n) is 25.0. The van der Waals surface area contributed by atoms with Crippen LogP contribution in [0.15, 0.2) is 292 Å². The molecule has 3 heteroatoms. The molecule has 2 nitrogen and oxygen atoms in total. The molecule has 0 radical (unpaired) electrons. The lowest BCUT2D eigenvalue weighted by atomic mass is 9.67. The average molecular weight is 953 g/mol. The van der Waals surface area contributed by atoms with E-state index in [-0.39, 0.29) is 0 Å². The van der Waals surface area contributed by atoms with Crippen LogP contribution in [0, 0.1) is 0 Å². The highest BCUT2D eigenvalue weighted by Crippen LogP contribution is 2.58. The Kier molecular flexibility index (Phi) is 12.1. The Balaban J connectivity index is 0.00000177. The van der Waals surface area contributed by atoms with Crippen molar-refractivity contribution >= 4 is 65.6 Å². The second kappa shape index (κ2) is 19.6. The van der Waals surface area contributed by atoms with E-state index >= 15 is 0 Å². The number of para-hydroxylation sites is 2. The van der Waals surface area contributed by atoms with Gasteiger partial charge in [-0.2, -0.15) is 0 Å². The fourth-order valence-corrected chi connectivity index (χ4v) is 12.1. The SMILES string of the molecule is C=CC.c1ccc(-c2ccc(N(c3cccc(N(c4ccccc4)c4ccccc4)c3)c3ccc4c(c3)-c3cc(-c5ccc6sc7ccccc7c6c5)ccc3C4(c3ccccc3)c3ccccc3)cc2)cc1. The zero-order valence-corrected chi connectivity index (χ0v) is 41.5. The molecule has 11 aromatic carbocycles. The van der Waals surface area contributed by atoms with Gasteiger partial charge in [-0.15, -0.1) is 17.9 Å². The first-order chi connectivity index (χ1) is 36.1. The van der Waals surface area contributed by atoms with Crippen molar-refractivity contribution < 1.29 is 0 Å². The minimum Gasteiger partial charge on any atom is -0.310 e. The molecule has 0 aliphatic heterocycles. The van der Waals surface area contributed by atoms with Gasteiger partial charge in [0.25, 0.3) is 0 Å². The predicted octanol–water partition coefficient (Wildman–Crippen LogP) is 19.9. The van der Waals surface area contributed by atoms with Crippen molar-refractivity contribution in [2.75, 3.05) is 9.80 Å². The standard InChI is InChI=1S/C67H46N2S.C3H6/c1-6-19-47(20-7-1)48-33-37-55(38-34-48)69(57-30-18-29-56(45-57)68(53-25-12-4-13-26-53)54-27-14-5-15-28-54)58-39-41-64-61(46-58)60-43-49(50-36-42-66-62(44-50)59-31-16-17-32-65(59)70-66)35-40-63(60)67(64,51-21-8-2-9-22-51)52-23-10-3-11-24-52;1-3-2/h1-46H;3H,1H2,2H3. The highest BCUT2D eigenvalue weighted by atomic mass is 32.1. The number of fused-ring (bicyclic) bond motifs is 6. The molecule has 13 rings (SSSR count). The van der Waals surface area contributed by atoms with Crippen LogP contribution in [0.1, 0.15) is 29.2 Å². The summed E-state index contributed by atoms with van der Waals surface area (Å²) in [6.07, 6.45) is 1.75. The van der Waals surface area contributed by atoms with E-state index < -0.39 is 5.41 Å². The summed E-state index contributed by atoms with van der Waals surface area (Å²) in [5.41, 5.74) is 18.2. The molecule has 1 aromatic heterocycles. The number of rotatable bonds is 10. The molecule has 73 heavy (non-hydrogen) atoms. The van der Waals surface area contributed by atoms with Crippen molar-refractivity contribution in [3.05, 3.63) is 314 Å². The number of allylic oxidation sites excluding steroid dienone is 1. The molecule has 1 heterocycles. The highest BCUT2D eigenvalue weighted by Gasteiger charge is 2.46. The molecule has 0 amide bonds. The van der Waals surface area contributed by atoms with E-state index in [1.165, 1.54) is 75.8 Å². The molecule has 0 saturated heterocycles. The van der Waals surface area contributed by atoms with Crippen LogP contribution in [0.4, 0.5) is 34.1 Å². The zero-order chi connectivity index (χ0) is 49.1. The summed E-state index contributed by atoms with van der Waals surface area (Å²) in [5.74, 6) is 0. The Morgan fingerprint density at radius 3 is 1.34 bits per heavy atom. The zero-order valence-electron chi connectivity index (χ0n) is 40.6. The molecular weight excluding hydrogens is 901 g/mol. The Hall–Kier alpha value is -9.02. The summed E-state index contributed by atoms with van der Waals surface area (Å²) < 4.78 is 2.63. The monoisotopic (exact) mass is 952 g/mol. The van der Waals surface area contributed by atoms with Gasteiger partial charge in [0.15, 0.2) is 0 Å². The van der Waals surface area contributed by atoms with Crippen LogP contribution < -0.4 is 9.80 Å². The Labute approximate surface area is 432 Å². The lowest BCUT2D eigenvalue weighted by Crippen LogP contribution is -2.28. The summed E-state index contributed by atoms with van der Waals surface area (Å²) in [6.45, 7) is 5.25. The molecule has 0 bridgehead atoms. The Bertz CT molecular complexity index is 3790. The molecule has 0 atom stereocenters. The van der Waals surface area contributed by atoms with Crippen LogP contribution in [0.25, 0.3) is 53.6 Å². The second-order valence-corrected chi connectivity index (χ2v) is 19.5. The van der Waals surface area contributed by atoms with Gasteiger partial charge < -0.3 is 9.80 Å². The number of benzene rings is 11. The van der Waals surface area contributed by atoms with Crippen molar-refractivity contribution in [3.8, 4) is 33.4 Å². The smallest absolute Gasteiger partial charge is 0.0713 e. The van der Waals surface area contributed by atoms with E-state index in [9.17, 15) is 0 Å². The van der Waals surface area contributed by atoms with Gasteiger partial charge in [0, 0.05) is 54.3 Å². The Morgan fingerprint density at radius 1 is 0.329 bits per heavy atom. The summed E-state index contributed by atoms with van der Waals surface area (Å²) in [5, 5.41) is 2.61. The van der Waals surface area contributed by atoms with Gasteiger partial charge in [-0.1, -0.05) is 194 Å². The van der Waals surface area contributed by atoms with Gasteiger partial charge in [0.05, 0.1) is 5.41 Å². The topological polar surface area (TPSA) is 6.48 Å². The van der Waals surface area contributed by atoms with E-state index in [1.54, 1.807) is 6.08 Å². The number of hydrogen-bond donors (Lipinski definition) is 0. The second-order valence-electron chi connectivity index (χ2n) is 18.5. The minimum atomic E-state index is -0.550. The third kappa shape index (κ3) is 8.20. The quantitative estimate of drug-likeness (QED) is 0.126. The molecule has 1 aliphatic carbocycles. The molecular formula is C70H52N2S. The van der Waals surface area contributed by atoms with Crippen molar-refractivity contribution in [3.63, 3.8) is 0 Å². The Morgan fingerprint density at radius 2 is 0.726 bits per heavy atom. The average Bonchev–Trinajstić information content (AvgIpc) is 3.98. The summed E-state index contributed by atoms with van der Waals surface area (Å²) >= 11 is 1.86. The molecule has 12 aromatic rings. The van der Waals surface area contributed by atoms with E-state index in [2.05, 4.69) is 295 Å². The normalized spacial score (nSPS) is 12.1. The molecule has 0 spiro atoms. The lowest BCUT2D eigenvalue weighted by molar-refractivity contribution is 0.768. The van der Waals surface area contributed by atoms with Gasteiger partial charge >= 0.3 is 0 Å². The summed E-state index contributed by atoms with van der Waals surface area (Å²) in [7, 11) is 0. The fourth-order valence-electron chi connectivity index (χ4n) is 11.0. The van der Waals surface area contributed by atoms with Crippen LogP contribution in [0.5, 0.6) is 0 Å². The lowest BCUT2D eigenvalue weighted by Gasteiger charge is -2.34. The van der Waals surface area contributed by atoms with Gasteiger partial charge in [0.1, 0.15) is 0 Å². The maximum absolute atomic E-state index is 3.36. The fraction of sp³-hybridized carbons (Fsp3) is 0.0286. The molecule has 348 valence electrons. The maximum atomic E-state index is 3.36. The summed E-state index contributed by atoms with van der Waals surface area (Å²) in [6, 6.07) is 102. The van der Waals surface area contributed by atoms with Crippen molar-refractivity contribution in [1.82, 2.24) is 0 Å². The number of hydrogen-bond acceptors (Lipinski definition) is 3. The van der Waals surface area contributed by atoms with Gasteiger partial charge in [0.2, 0.25) is 0 Å². The van der Waals surface area contributed by atoms with Crippen LogP contribution >= 0.6 is 11.3 Å². The van der Waals surface area contributed by atoms with Crippen molar-refractivity contribution in [2.45, 2.75) is 12.3 Å². The van der Waals surface area contributed by atoms with Gasteiger partial charge in [-0.25, -0.2) is 0 Å². The molecule has 1 aliphatic rings. The van der Waals surface area contributed by atoms with Crippen LogP contribution in [0.2, 0.25) is 0 Å². The van der Waals surface area contributed by atoms with E-state index in [0.29, 0.717) is 0 Å². The number of thiophene rings is 1. The predicted molar refractivity (Wildman–Crippen MR) is 313 cm³/mol. The largest absolute Gasteiger partial charge is 0.310 e. The summed E-state index contributed by atoms with van der Waals surface area (Å²) in [4.78, 5) is 4.77. The minimum absolute atomic E-state index is 0.550. The molecule has 0 N–H and O–H groups in total. The van der Waals surface area contributed by atoms with Gasteiger partial charge in [-0.3, -0.25) is 0 Å². The third-order valence-electron chi connectivity index (χ3n) is 14.1. The number of nitrogens with zero attached hydrogens (tertiary/aromatic N) is 2. The van der Waals surface area contributed by atoms with E-state index in [1.807, 2.05) is 18.3 Å².